The van der Waals surface area contributed by atoms with Crippen LogP contribution in [-0.2, 0) is 4.79 Å². The second-order valence-electron chi connectivity index (χ2n) is 7.05. The summed E-state index contributed by atoms with van der Waals surface area (Å²) in [6.07, 6.45) is 0. The van der Waals surface area contributed by atoms with Gasteiger partial charge < -0.3 is 14.8 Å². The molecule has 2 heterocycles. The maximum absolute atomic E-state index is 12.9. The SMILES string of the molecule is CCOc1c(OC)cccc1C1SC(C)C(=O)Nc2c1c(C)nn2-c1ccccc1. The summed E-state index contributed by atoms with van der Waals surface area (Å²) >= 11 is 1.59. The summed E-state index contributed by atoms with van der Waals surface area (Å²) in [4.78, 5) is 12.9. The second-order valence-corrected chi connectivity index (χ2v) is 8.50. The number of aryl methyl sites for hydroxylation is 1. The smallest absolute Gasteiger partial charge is 0.238 e. The number of rotatable bonds is 5. The Balaban J connectivity index is 1.94. The van der Waals surface area contributed by atoms with Crippen molar-refractivity contribution in [2.75, 3.05) is 19.0 Å². The number of para-hydroxylation sites is 2. The number of nitrogens with zero attached hydrogens (tertiary/aromatic N) is 2. The molecule has 2 aromatic carbocycles. The number of nitrogens with one attached hydrogen (secondary N) is 1. The van der Waals surface area contributed by atoms with Crippen LogP contribution in [0.4, 0.5) is 5.82 Å². The van der Waals surface area contributed by atoms with Crippen LogP contribution in [0.2, 0.25) is 0 Å². The lowest BCUT2D eigenvalue weighted by molar-refractivity contribution is -0.115. The predicted octanol–water partition coefficient (Wildman–Crippen LogP) is 4.75. The van der Waals surface area contributed by atoms with Gasteiger partial charge >= 0.3 is 0 Å². The molecular formula is C23H25N3O3S. The molecule has 0 saturated heterocycles. The molecule has 2 unspecified atom stereocenters. The van der Waals surface area contributed by atoms with Crippen molar-refractivity contribution in [1.82, 2.24) is 9.78 Å². The summed E-state index contributed by atoms with van der Waals surface area (Å²) in [5, 5.41) is 7.50. The first kappa shape index (κ1) is 20.3. The molecule has 4 rings (SSSR count). The van der Waals surface area contributed by atoms with Crippen LogP contribution in [0, 0.1) is 6.92 Å². The van der Waals surface area contributed by atoms with E-state index in [0.717, 1.165) is 22.5 Å². The third kappa shape index (κ3) is 3.54. The van der Waals surface area contributed by atoms with Gasteiger partial charge in [-0.05, 0) is 39.0 Å². The lowest BCUT2D eigenvalue weighted by Crippen LogP contribution is -2.22. The molecule has 156 valence electrons. The molecule has 7 heteroatoms. The maximum atomic E-state index is 12.9. The van der Waals surface area contributed by atoms with Crippen LogP contribution >= 0.6 is 11.8 Å². The van der Waals surface area contributed by atoms with Crippen LogP contribution in [0.15, 0.2) is 48.5 Å². The molecule has 2 atom stereocenters. The fourth-order valence-electron chi connectivity index (χ4n) is 3.71. The normalized spacial score (nSPS) is 18.3. The number of carbonyl (C=O) groups is 1. The molecule has 30 heavy (non-hydrogen) atoms. The van der Waals surface area contributed by atoms with Gasteiger partial charge in [-0.25, -0.2) is 4.68 Å². The fraction of sp³-hybridized carbons (Fsp3) is 0.304. The molecule has 0 spiro atoms. The van der Waals surface area contributed by atoms with Crippen molar-refractivity contribution >= 4 is 23.5 Å². The number of thioether (sulfide) groups is 1. The van der Waals surface area contributed by atoms with Crippen molar-refractivity contribution in [3.05, 3.63) is 65.4 Å². The summed E-state index contributed by atoms with van der Waals surface area (Å²) in [6.45, 7) is 6.38. The zero-order valence-corrected chi connectivity index (χ0v) is 18.3. The van der Waals surface area contributed by atoms with E-state index < -0.39 is 0 Å². The highest BCUT2D eigenvalue weighted by molar-refractivity contribution is 8.01. The highest BCUT2D eigenvalue weighted by Gasteiger charge is 2.36. The van der Waals surface area contributed by atoms with E-state index in [0.29, 0.717) is 23.9 Å². The Morgan fingerprint density at radius 3 is 2.63 bits per heavy atom. The summed E-state index contributed by atoms with van der Waals surface area (Å²) in [6, 6.07) is 15.7. The van der Waals surface area contributed by atoms with E-state index >= 15 is 0 Å². The van der Waals surface area contributed by atoms with E-state index in [4.69, 9.17) is 14.6 Å². The van der Waals surface area contributed by atoms with Gasteiger partial charge in [-0.3, -0.25) is 4.79 Å². The Labute approximate surface area is 180 Å². The van der Waals surface area contributed by atoms with Gasteiger partial charge in [0.2, 0.25) is 5.91 Å². The van der Waals surface area contributed by atoms with E-state index in [2.05, 4.69) is 5.32 Å². The van der Waals surface area contributed by atoms with Gasteiger partial charge in [0.25, 0.3) is 0 Å². The van der Waals surface area contributed by atoms with Gasteiger partial charge in [0.15, 0.2) is 11.5 Å². The summed E-state index contributed by atoms with van der Waals surface area (Å²) < 4.78 is 13.4. The van der Waals surface area contributed by atoms with Gasteiger partial charge in [-0.1, -0.05) is 30.3 Å². The van der Waals surface area contributed by atoms with Crippen molar-refractivity contribution in [2.45, 2.75) is 31.3 Å². The first-order valence-electron chi connectivity index (χ1n) is 9.96. The largest absolute Gasteiger partial charge is 0.493 e. The number of hydrogen-bond acceptors (Lipinski definition) is 5. The second kappa shape index (κ2) is 8.44. The summed E-state index contributed by atoms with van der Waals surface area (Å²) in [7, 11) is 1.64. The molecule has 3 aromatic rings. The van der Waals surface area contributed by atoms with E-state index in [-0.39, 0.29) is 16.4 Å². The fourth-order valence-corrected chi connectivity index (χ4v) is 5.05. The van der Waals surface area contributed by atoms with Crippen LogP contribution in [0.25, 0.3) is 5.69 Å². The van der Waals surface area contributed by atoms with Crippen molar-refractivity contribution < 1.29 is 14.3 Å². The quantitative estimate of drug-likeness (QED) is 0.641. The van der Waals surface area contributed by atoms with Crippen LogP contribution in [0.1, 0.15) is 35.9 Å². The topological polar surface area (TPSA) is 65.4 Å². The maximum Gasteiger partial charge on any atom is 0.238 e. The number of carbonyl (C=O) groups excluding carboxylic acids is 1. The Kier molecular flexibility index (Phi) is 5.72. The van der Waals surface area contributed by atoms with Crippen molar-refractivity contribution in [2.24, 2.45) is 0 Å². The number of ether oxygens (including phenoxy) is 2. The minimum Gasteiger partial charge on any atom is -0.493 e. The number of methoxy groups -OCH3 is 1. The average Bonchev–Trinajstić information content (AvgIpc) is 3.01. The molecule has 1 amide bonds. The zero-order chi connectivity index (χ0) is 21.3. The number of aromatic nitrogens is 2. The Bertz CT molecular complexity index is 1070. The van der Waals surface area contributed by atoms with Crippen molar-refractivity contribution in [3.63, 3.8) is 0 Å². The van der Waals surface area contributed by atoms with Gasteiger partial charge in [0.05, 0.1) is 35.6 Å². The lowest BCUT2D eigenvalue weighted by Gasteiger charge is -2.22. The number of anilines is 1. The molecule has 0 bridgehead atoms. The van der Waals surface area contributed by atoms with E-state index in [9.17, 15) is 4.79 Å². The minimum atomic E-state index is -0.244. The molecule has 1 aliphatic heterocycles. The van der Waals surface area contributed by atoms with E-state index in [1.807, 2.05) is 74.0 Å². The van der Waals surface area contributed by atoms with Crippen LogP contribution in [0.3, 0.4) is 0 Å². The average molecular weight is 424 g/mol. The Hall–Kier alpha value is -2.93. The number of benzene rings is 2. The summed E-state index contributed by atoms with van der Waals surface area (Å²) in [5.41, 5.74) is 3.72. The van der Waals surface area contributed by atoms with Gasteiger partial charge in [-0.15, -0.1) is 11.8 Å². The molecule has 6 nitrogen and oxygen atoms in total. The van der Waals surface area contributed by atoms with Crippen LogP contribution < -0.4 is 14.8 Å². The standard InChI is InChI=1S/C23H25N3O3S/c1-5-29-20-17(12-9-13-18(20)28-4)21-19-14(2)25-26(16-10-7-6-8-11-16)22(19)24-23(27)15(3)30-21/h6-13,15,21H,5H2,1-4H3,(H,24,27). The molecular weight excluding hydrogens is 398 g/mol. The van der Waals surface area contributed by atoms with Crippen LogP contribution in [0.5, 0.6) is 11.5 Å². The molecule has 1 aromatic heterocycles. The number of amides is 1. The highest BCUT2D eigenvalue weighted by atomic mass is 32.2. The Morgan fingerprint density at radius 2 is 1.93 bits per heavy atom. The van der Waals surface area contributed by atoms with Gasteiger partial charge in [0.1, 0.15) is 5.82 Å². The number of fused-ring (bicyclic) bond motifs is 1. The summed E-state index contributed by atoms with van der Waals surface area (Å²) in [5.74, 6) is 2.05. The molecule has 0 saturated carbocycles. The first-order valence-corrected chi connectivity index (χ1v) is 10.9. The lowest BCUT2D eigenvalue weighted by atomic mass is 10.0. The van der Waals surface area contributed by atoms with E-state index in [1.54, 1.807) is 18.9 Å². The zero-order valence-electron chi connectivity index (χ0n) is 17.5. The number of hydrogen-bond donors (Lipinski definition) is 1. The first-order chi connectivity index (χ1) is 14.5. The van der Waals surface area contributed by atoms with E-state index in [1.165, 1.54) is 0 Å². The molecule has 0 aliphatic carbocycles. The Morgan fingerprint density at radius 1 is 1.17 bits per heavy atom. The van der Waals surface area contributed by atoms with Gasteiger partial charge in [-0.2, -0.15) is 5.10 Å². The monoisotopic (exact) mass is 423 g/mol. The van der Waals surface area contributed by atoms with Gasteiger partial charge in [0, 0.05) is 11.1 Å². The highest BCUT2D eigenvalue weighted by Crippen LogP contribution is 2.50. The van der Waals surface area contributed by atoms with Crippen molar-refractivity contribution in [3.8, 4) is 17.2 Å². The third-order valence-corrected chi connectivity index (χ3v) is 6.51. The molecule has 0 fully saturated rings. The molecule has 0 radical (unpaired) electrons. The molecule has 1 N–H and O–H groups in total. The minimum absolute atomic E-state index is 0.0401. The van der Waals surface area contributed by atoms with Crippen molar-refractivity contribution in [1.29, 1.82) is 0 Å². The molecule has 1 aliphatic rings. The third-order valence-electron chi connectivity index (χ3n) is 5.12. The predicted molar refractivity (Wildman–Crippen MR) is 120 cm³/mol. The van der Waals surface area contributed by atoms with Crippen LogP contribution in [-0.4, -0.2) is 34.7 Å².